The van der Waals surface area contributed by atoms with E-state index in [0.29, 0.717) is 12.8 Å². The van der Waals surface area contributed by atoms with E-state index in [4.69, 9.17) is 4.74 Å². The quantitative estimate of drug-likeness (QED) is 0.522. The number of hydrogen-bond acceptors (Lipinski definition) is 5. The molecule has 0 aliphatic heterocycles. The summed E-state index contributed by atoms with van der Waals surface area (Å²) >= 11 is 0. The van der Waals surface area contributed by atoms with E-state index in [1.165, 1.54) is 31.4 Å². The molecule has 1 amide bonds. The minimum atomic E-state index is -1.03. The molecule has 1 aliphatic carbocycles. The summed E-state index contributed by atoms with van der Waals surface area (Å²) in [5.74, 6) is -0.970. The average Bonchev–Trinajstić information content (AvgIpc) is 2.55. The molecule has 0 bridgehead atoms. The molecule has 0 aromatic heterocycles. The van der Waals surface area contributed by atoms with Crippen molar-refractivity contribution in [3.8, 4) is 0 Å². The van der Waals surface area contributed by atoms with E-state index in [2.05, 4.69) is 5.32 Å². The van der Waals surface area contributed by atoms with Crippen molar-refractivity contribution in [1.82, 2.24) is 5.32 Å². The molecular weight excluding hydrogens is 288 g/mol. The lowest BCUT2D eigenvalue weighted by Gasteiger charge is -2.35. The fourth-order valence-corrected chi connectivity index (χ4v) is 2.78. The lowest BCUT2D eigenvalue weighted by molar-refractivity contribution is -0.384. The van der Waals surface area contributed by atoms with Gasteiger partial charge < -0.3 is 10.1 Å². The van der Waals surface area contributed by atoms with Crippen LogP contribution in [0.15, 0.2) is 24.3 Å². The number of esters is 1. The molecule has 1 N–H and O–H groups in total. The van der Waals surface area contributed by atoms with Gasteiger partial charge in [0, 0.05) is 17.7 Å². The smallest absolute Gasteiger partial charge is 0.331 e. The Bertz CT molecular complexity index is 593. The number of hydrogen-bond donors (Lipinski definition) is 1. The van der Waals surface area contributed by atoms with E-state index < -0.39 is 22.3 Å². The summed E-state index contributed by atoms with van der Waals surface area (Å²) in [4.78, 5) is 34.7. The van der Waals surface area contributed by atoms with Gasteiger partial charge in [0.1, 0.15) is 5.54 Å². The zero-order chi connectivity index (χ0) is 16.2. The van der Waals surface area contributed by atoms with Gasteiger partial charge in [-0.25, -0.2) is 4.79 Å². The molecule has 1 aliphatic rings. The highest BCUT2D eigenvalue weighted by Gasteiger charge is 2.42. The van der Waals surface area contributed by atoms with E-state index >= 15 is 0 Å². The number of nitro benzene ring substituents is 1. The number of non-ortho nitro benzene ring substituents is 1. The third-order valence-corrected chi connectivity index (χ3v) is 3.96. The van der Waals surface area contributed by atoms with Crippen LogP contribution in [0.4, 0.5) is 5.69 Å². The molecule has 7 nitrogen and oxygen atoms in total. The van der Waals surface area contributed by atoms with Crippen LogP contribution in [-0.4, -0.2) is 29.4 Å². The summed E-state index contributed by atoms with van der Waals surface area (Å²) in [6.45, 7) is 0. The van der Waals surface area contributed by atoms with Crippen LogP contribution in [0.2, 0.25) is 0 Å². The van der Waals surface area contributed by atoms with E-state index in [0.717, 1.165) is 19.3 Å². The second kappa shape index (κ2) is 6.55. The first-order valence-electron chi connectivity index (χ1n) is 7.14. The van der Waals surface area contributed by atoms with Crippen LogP contribution in [0.5, 0.6) is 0 Å². The maximum Gasteiger partial charge on any atom is 0.331 e. The molecular formula is C15H18N2O5. The van der Waals surface area contributed by atoms with Crippen molar-refractivity contribution in [3.05, 3.63) is 39.9 Å². The second-order valence-corrected chi connectivity index (χ2v) is 5.40. The Balaban J connectivity index is 2.23. The molecule has 0 heterocycles. The zero-order valence-corrected chi connectivity index (χ0v) is 12.3. The number of benzene rings is 1. The van der Waals surface area contributed by atoms with Crippen LogP contribution in [0.1, 0.15) is 42.5 Å². The Morgan fingerprint density at radius 2 is 1.95 bits per heavy atom. The largest absolute Gasteiger partial charge is 0.467 e. The van der Waals surface area contributed by atoms with Gasteiger partial charge in [0.25, 0.3) is 11.6 Å². The van der Waals surface area contributed by atoms with Crippen molar-refractivity contribution in [2.24, 2.45) is 0 Å². The van der Waals surface area contributed by atoms with Gasteiger partial charge in [0.2, 0.25) is 0 Å². The van der Waals surface area contributed by atoms with Gasteiger partial charge in [-0.1, -0.05) is 25.3 Å². The minimum absolute atomic E-state index is 0.156. The van der Waals surface area contributed by atoms with Crippen molar-refractivity contribution < 1.29 is 19.2 Å². The van der Waals surface area contributed by atoms with E-state index in [1.807, 2.05) is 0 Å². The molecule has 0 saturated heterocycles. The zero-order valence-electron chi connectivity index (χ0n) is 12.3. The van der Waals surface area contributed by atoms with Crippen LogP contribution in [0.25, 0.3) is 0 Å². The molecule has 22 heavy (non-hydrogen) atoms. The summed E-state index contributed by atoms with van der Waals surface area (Å²) in [5.41, 5.74) is -1.04. The predicted molar refractivity (Wildman–Crippen MR) is 78.4 cm³/mol. The number of ether oxygens (including phenoxy) is 1. The van der Waals surface area contributed by atoms with Gasteiger partial charge in [0.15, 0.2) is 0 Å². The number of nitrogens with one attached hydrogen (secondary N) is 1. The Kier molecular flexibility index (Phi) is 4.75. The van der Waals surface area contributed by atoms with Crippen LogP contribution < -0.4 is 5.32 Å². The highest BCUT2D eigenvalue weighted by molar-refractivity contribution is 5.98. The lowest BCUT2D eigenvalue weighted by atomic mass is 9.81. The molecule has 1 fully saturated rings. The number of nitro groups is 1. The first-order chi connectivity index (χ1) is 10.5. The monoisotopic (exact) mass is 306 g/mol. The first-order valence-corrected chi connectivity index (χ1v) is 7.14. The SMILES string of the molecule is COC(=O)C1(NC(=O)c2cccc([N+](=O)[O-])c2)CCCCC1. The minimum Gasteiger partial charge on any atom is -0.467 e. The second-order valence-electron chi connectivity index (χ2n) is 5.40. The normalized spacial score (nSPS) is 16.6. The van der Waals surface area contributed by atoms with Crippen LogP contribution in [0, 0.1) is 10.1 Å². The predicted octanol–water partition coefficient (Wildman–Crippen LogP) is 2.20. The van der Waals surface area contributed by atoms with Crippen LogP contribution >= 0.6 is 0 Å². The summed E-state index contributed by atoms with van der Waals surface area (Å²) < 4.78 is 4.83. The Labute approximate surface area is 127 Å². The van der Waals surface area contributed by atoms with Gasteiger partial charge in [-0.2, -0.15) is 0 Å². The Morgan fingerprint density at radius 1 is 1.27 bits per heavy atom. The van der Waals surface area contributed by atoms with E-state index in [9.17, 15) is 19.7 Å². The van der Waals surface area contributed by atoms with Crippen molar-refractivity contribution in [2.75, 3.05) is 7.11 Å². The molecule has 0 radical (unpaired) electrons. The number of nitrogens with zero attached hydrogens (tertiary/aromatic N) is 1. The number of rotatable bonds is 4. The van der Waals surface area contributed by atoms with Gasteiger partial charge in [-0.3, -0.25) is 14.9 Å². The van der Waals surface area contributed by atoms with Gasteiger partial charge in [-0.05, 0) is 18.9 Å². The van der Waals surface area contributed by atoms with Crippen molar-refractivity contribution in [1.29, 1.82) is 0 Å². The molecule has 7 heteroatoms. The highest BCUT2D eigenvalue weighted by Crippen LogP contribution is 2.30. The molecule has 1 aromatic carbocycles. The standard InChI is InChI=1S/C15H18N2O5/c1-22-14(19)15(8-3-2-4-9-15)16-13(18)11-6-5-7-12(10-11)17(20)21/h5-7,10H,2-4,8-9H2,1H3,(H,16,18). The van der Waals surface area contributed by atoms with E-state index in [-0.39, 0.29) is 11.3 Å². The number of carbonyl (C=O) groups is 2. The van der Waals surface area contributed by atoms with Gasteiger partial charge >= 0.3 is 5.97 Å². The molecule has 118 valence electrons. The summed E-state index contributed by atoms with van der Waals surface area (Å²) in [6.07, 6.45) is 3.68. The third kappa shape index (κ3) is 3.24. The van der Waals surface area contributed by atoms with Crippen molar-refractivity contribution in [2.45, 2.75) is 37.6 Å². The molecule has 0 spiro atoms. The van der Waals surface area contributed by atoms with Crippen molar-refractivity contribution >= 4 is 17.6 Å². The maximum absolute atomic E-state index is 12.4. The fourth-order valence-electron chi connectivity index (χ4n) is 2.78. The molecule has 2 rings (SSSR count). The molecule has 0 atom stereocenters. The fraction of sp³-hybridized carbons (Fsp3) is 0.467. The van der Waals surface area contributed by atoms with Crippen molar-refractivity contribution in [3.63, 3.8) is 0 Å². The highest BCUT2D eigenvalue weighted by atomic mass is 16.6. The maximum atomic E-state index is 12.4. The molecule has 0 unspecified atom stereocenters. The van der Waals surface area contributed by atoms with Gasteiger partial charge in [0.05, 0.1) is 12.0 Å². The van der Waals surface area contributed by atoms with Gasteiger partial charge in [-0.15, -0.1) is 0 Å². The van der Waals surface area contributed by atoms with E-state index in [1.54, 1.807) is 0 Å². The topological polar surface area (TPSA) is 98.5 Å². The summed E-state index contributed by atoms with van der Waals surface area (Å²) in [6, 6.07) is 5.44. The summed E-state index contributed by atoms with van der Waals surface area (Å²) in [5, 5.41) is 13.5. The molecule has 1 saturated carbocycles. The number of methoxy groups -OCH3 is 1. The van der Waals surface area contributed by atoms with Crippen LogP contribution in [0.3, 0.4) is 0 Å². The van der Waals surface area contributed by atoms with Crippen LogP contribution in [-0.2, 0) is 9.53 Å². The summed E-state index contributed by atoms with van der Waals surface area (Å²) in [7, 11) is 1.29. The molecule has 1 aromatic rings. The Morgan fingerprint density at radius 3 is 2.55 bits per heavy atom. The number of amides is 1. The third-order valence-electron chi connectivity index (χ3n) is 3.96. The Hall–Kier alpha value is -2.44. The average molecular weight is 306 g/mol. The first kappa shape index (κ1) is 15.9. The number of carbonyl (C=O) groups excluding carboxylic acids is 2. The lowest BCUT2D eigenvalue weighted by Crippen LogP contribution is -2.56.